The van der Waals surface area contributed by atoms with Crippen molar-refractivity contribution in [1.29, 1.82) is 0 Å². The van der Waals surface area contributed by atoms with E-state index in [2.05, 4.69) is 45.6 Å². The van der Waals surface area contributed by atoms with Crippen LogP contribution in [0, 0.1) is 0 Å². The van der Waals surface area contributed by atoms with E-state index in [-0.39, 0.29) is 0 Å². The highest BCUT2D eigenvalue weighted by atomic mass is 15.3. The highest BCUT2D eigenvalue weighted by molar-refractivity contribution is 5.35. The number of nitrogens with one attached hydrogen (secondary N) is 1. The van der Waals surface area contributed by atoms with E-state index in [1.54, 1.807) is 11.1 Å². The highest BCUT2D eigenvalue weighted by Gasteiger charge is 2.20. The van der Waals surface area contributed by atoms with Crippen molar-refractivity contribution >= 4 is 0 Å². The van der Waals surface area contributed by atoms with Gasteiger partial charge in [-0.1, -0.05) is 18.2 Å². The van der Waals surface area contributed by atoms with Crippen LogP contribution < -0.4 is 5.32 Å². The van der Waals surface area contributed by atoms with Crippen LogP contribution in [-0.2, 0) is 25.9 Å². The van der Waals surface area contributed by atoms with E-state index < -0.39 is 0 Å². The second-order valence-electron chi connectivity index (χ2n) is 6.12. The Bertz CT molecular complexity index is 610. The van der Waals surface area contributed by atoms with Gasteiger partial charge in [0.25, 0.3) is 0 Å². The number of hydrogen-bond acceptors (Lipinski definition) is 2. The molecule has 3 heteroatoms. The van der Waals surface area contributed by atoms with Crippen LogP contribution in [-0.4, -0.2) is 15.8 Å². The molecule has 104 valence electrons. The van der Waals surface area contributed by atoms with Gasteiger partial charge in [0, 0.05) is 18.8 Å². The summed E-state index contributed by atoms with van der Waals surface area (Å²) in [5.41, 5.74) is 5.61. The first-order chi connectivity index (χ1) is 9.87. The Morgan fingerprint density at radius 1 is 1.15 bits per heavy atom. The third-order valence-corrected chi connectivity index (χ3v) is 4.35. The quantitative estimate of drug-likeness (QED) is 0.902. The van der Waals surface area contributed by atoms with Crippen LogP contribution in [0.3, 0.4) is 0 Å². The molecule has 0 aliphatic heterocycles. The standard InChI is InChI=1S/C17H21N3/c1-2-14-5-4-13(10-15(14)3-1)12-20-9-8-17(19-20)11-18-16-6-7-16/h4-5,8-10,16,18H,1-3,6-7,11-12H2. The number of nitrogens with zero attached hydrogens (tertiary/aromatic N) is 2. The van der Waals surface area contributed by atoms with Crippen LogP contribution in [0.15, 0.2) is 30.5 Å². The van der Waals surface area contributed by atoms with Crippen molar-refractivity contribution in [3.8, 4) is 0 Å². The van der Waals surface area contributed by atoms with Crippen LogP contribution in [0.4, 0.5) is 0 Å². The second-order valence-corrected chi connectivity index (χ2v) is 6.12. The Morgan fingerprint density at radius 3 is 2.95 bits per heavy atom. The van der Waals surface area contributed by atoms with Gasteiger partial charge in [-0.2, -0.15) is 5.10 Å². The van der Waals surface area contributed by atoms with E-state index in [0.717, 1.165) is 24.8 Å². The third-order valence-electron chi connectivity index (χ3n) is 4.35. The topological polar surface area (TPSA) is 29.9 Å². The molecule has 0 radical (unpaired) electrons. The maximum atomic E-state index is 4.65. The largest absolute Gasteiger partial charge is 0.308 e. The molecule has 2 aliphatic carbocycles. The van der Waals surface area contributed by atoms with Crippen LogP contribution in [0.5, 0.6) is 0 Å². The molecule has 1 fully saturated rings. The zero-order chi connectivity index (χ0) is 13.4. The zero-order valence-electron chi connectivity index (χ0n) is 11.8. The third kappa shape index (κ3) is 2.63. The lowest BCUT2D eigenvalue weighted by Gasteiger charge is -2.05. The summed E-state index contributed by atoms with van der Waals surface area (Å²) >= 11 is 0. The maximum Gasteiger partial charge on any atom is 0.0762 e. The monoisotopic (exact) mass is 267 g/mol. The van der Waals surface area contributed by atoms with Gasteiger partial charge in [0.2, 0.25) is 0 Å². The van der Waals surface area contributed by atoms with E-state index in [1.165, 1.54) is 37.7 Å². The molecule has 0 atom stereocenters. The number of benzene rings is 1. The maximum absolute atomic E-state index is 4.65. The fourth-order valence-corrected chi connectivity index (χ4v) is 3.03. The van der Waals surface area contributed by atoms with Crippen molar-refractivity contribution in [2.45, 2.75) is 51.2 Å². The Balaban J connectivity index is 1.42. The molecule has 1 saturated carbocycles. The van der Waals surface area contributed by atoms with Crippen molar-refractivity contribution in [2.24, 2.45) is 0 Å². The molecule has 0 unspecified atom stereocenters. The summed E-state index contributed by atoms with van der Waals surface area (Å²) in [4.78, 5) is 0. The first-order valence-electron chi connectivity index (χ1n) is 7.73. The molecular weight excluding hydrogens is 246 g/mol. The van der Waals surface area contributed by atoms with Crippen molar-refractivity contribution in [3.63, 3.8) is 0 Å². The lowest BCUT2D eigenvalue weighted by molar-refractivity contribution is 0.631. The lowest BCUT2D eigenvalue weighted by Crippen LogP contribution is -2.16. The van der Waals surface area contributed by atoms with Gasteiger partial charge in [-0.3, -0.25) is 4.68 Å². The average Bonchev–Trinajstić information content (AvgIpc) is 2.99. The number of aromatic nitrogens is 2. The summed E-state index contributed by atoms with van der Waals surface area (Å²) in [5, 5.41) is 8.16. The van der Waals surface area contributed by atoms with E-state index in [4.69, 9.17) is 0 Å². The first kappa shape index (κ1) is 12.2. The number of rotatable bonds is 5. The minimum absolute atomic E-state index is 0.747. The van der Waals surface area contributed by atoms with Crippen molar-refractivity contribution in [3.05, 3.63) is 52.8 Å². The Kier molecular flexibility index (Phi) is 3.07. The van der Waals surface area contributed by atoms with Gasteiger partial charge in [-0.15, -0.1) is 0 Å². The summed E-state index contributed by atoms with van der Waals surface area (Å²) < 4.78 is 2.06. The molecule has 4 rings (SSSR count). The molecule has 2 aromatic rings. The molecule has 0 spiro atoms. The molecule has 0 amide bonds. The van der Waals surface area contributed by atoms with Gasteiger partial charge in [-0.05, 0) is 54.9 Å². The SMILES string of the molecule is c1cc2c(cc1Cn1ccc(CNC3CC3)n1)CCC2. The van der Waals surface area contributed by atoms with E-state index in [1.807, 2.05) is 0 Å². The van der Waals surface area contributed by atoms with Gasteiger partial charge in [0.05, 0.1) is 12.2 Å². The Labute approximate surface area is 120 Å². The van der Waals surface area contributed by atoms with Gasteiger partial charge in [0.1, 0.15) is 0 Å². The van der Waals surface area contributed by atoms with Gasteiger partial charge in [0.15, 0.2) is 0 Å². The van der Waals surface area contributed by atoms with Crippen LogP contribution >= 0.6 is 0 Å². The second kappa shape index (κ2) is 5.06. The van der Waals surface area contributed by atoms with Gasteiger partial charge < -0.3 is 5.32 Å². The van der Waals surface area contributed by atoms with Crippen molar-refractivity contribution < 1.29 is 0 Å². The fourth-order valence-electron chi connectivity index (χ4n) is 3.03. The molecule has 1 heterocycles. The summed E-state index contributed by atoms with van der Waals surface area (Å²) in [6.45, 7) is 1.79. The van der Waals surface area contributed by atoms with E-state index in [0.29, 0.717) is 0 Å². The summed E-state index contributed by atoms with van der Waals surface area (Å²) in [5.74, 6) is 0. The lowest BCUT2D eigenvalue weighted by atomic mass is 10.1. The normalized spacial score (nSPS) is 17.4. The number of fused-ring (bicyclic) bond motifs is 1. The van der Waals surface area contributed by atoms with Gasteiger partial charge >= 0.3 is 0 Å². The molecule has 3 nitrogen and oxygen atoms in total. The van der Waals surface area contributed by atoms with Crippen LogP contribution in [0.1, 0.15) is 41.6 Å². The summed E-state index contributed by atoms with van der Waals surface area (Å²) in [6, 6.07) is 9.80. The minimum Gasteiger partial charge on any atom is -0.308 e. The summed E-state index contributed by atoms with van der Waals surface area (Å²) in [7, 11) is 0. The highest BCUT2D eigenvalue weighted by Crippen LogP contribution is 2.23. The summed E-state index contributed by atoms with van der Waals surface area (Å²) in [6.07, 6.45) is 8.58. The molecule has 1 aromatic heterocycles. The minimum atomic E-state index is 0.747. The zero-order valence-corrected chi connectivity index (χ0v) is 11.8. The Hall–Kier alpha value is -1.61. The molecular formula is C17H21N3. The molecule has 1 N–H and O–H groups in total. The predicted molar refractivity (Wildman–Crippen MR) is 79.7 cm³/mol. The predicted octanol–water partition coefficient (Wildman–Crippen LogP) is 2.67. The number of aryl methyl sites for hydroxylation is 2. The molecule has 2 aliphatic rings. The molecule has 0 bridgehead atoms. The molecule has 1 aromatic carbocycles. The smallest absolute Gasteiger partial charge is 0.0762 e. The van der Waals surface area contributed by atoms with E-state index >= 15 is 0 Å². The van der Waals surface area contributed by atoms with Gasteiger partial charge in [-0.25, -0.2) is 0 Å². The number of hydrogen-bond donors (Lipinski definition) is 1. The Morgan fingerprint density at radius 2 is 2.05 bits per heavy atom. The van der Waals surface area contributed by atoms with Crippen LogP contribution in [0.2, 0.25) is 0 Å². The van der Waals surface area contributed by atoms with E-state index in [9.17, 15) is 0 Å². The van der Waals surface area contributed by atoms with Crippen LogP contribution in [0.25, 0.3) is 0 Å². The average molecular weight is 267 g/mol. The van der Waals surface area contributed by atoms with Crippen molar-refractivity contribution in [2.75, 3.05) is 0 Å². The first-order valence-corrected chi connectivity index (χ1v) is 7.73. The molecule has 0 saturated heterocycles. The van der Waals surface area contributed by atoms with Crippen molar-refractivity contribution in [1.82, 2.24) is 15.1 Å². The molecule has 20 heavy (non-hydrogen) atoms. The fraction of sp³-hybridized carbons (Fsp3) is 0.471.